The fourth-order valence-electron chi connectivity index (χ4n) is 2.34. The smallest absolute Gasteiger partial charge is 0.269 e. The molecule has 0 spiro atoms. The second-order valence-corrected chi connectivity index (χ2v) is 5.98. The summed E-state index contributed by atoms with van der Waals surface area (Å²) in [4.78, 5) is 0. The largest absolute Gasteiger partial charge is 0.460 e. The highest BCUT2D eigenvalue weighted by molar-refractivity contribution is 5.64. The average molecular weight is 398 g/mol. The average Bonchev–Trinajstić information content (AvgIpc) is 2.60. The first kappa shape index (κ1) is 21.3. The van der Waals surface area contributed by atoms with Crippen molar-refractivity contribution < 1.29 is 31.1 Å². The van der Waals surface area contributed by atoms with E-state index in [1.807, 2.05) is 6.92 Å². The van der Waals surface area contributed by atoms with Crippen LogP contribution in [0.3, 0.4) is 0 Å². The van der Waals surface area contributed by atoms with Crippen LogP contribution in [0.1, 0.15) is 24.4 Å². The number of hydrogen-bond donors (Lipinski definition) is 0. The summed E-state index contributed by atoms with van der Waals surface area (Å²) in [5.74, 6) is -8.25. The second-order valence-electron chi connectivity index (χ2n) is 5.98. The summed E-state index contributed by atoms with van der Waals surface area (Å²) in [5, 5.41) is 0. The Bertz CT molecular complexity index is 921. The van der Waals surface area contributed by atoms with Crippen LogP contribution in [-0.4, -0.2) is 0 Å². The molecule has 0 heterocycles. The molecule has 2 aromatic carbocycles. The zero-order valence-electron chi connectivity index (χ0n) is 15.0. The lowest BCUT2D eigenvalue weighted by Gasteiger charge is -2.15. The standard InChI is InChI=1S/C21H16F6O/c1-11-4-6-14(7-5-11)15-9-16(23)19(17(24)10-15)21(27)28-12(2)8-18(25)20(26)13(3)22/h4-10,21H,3H2,1-2H3/b12-8+,20-18-. The van der Waals surface area contributed by atoms with Crippen molar-refractivity contribution in [1.82, 2.24) is 0 Å². The van der Waals surface area contributed by atoms with E-state index in [0.29, 0.717) is 11.6 Å². The van der Waals surface area contributed by atoms with E-state index in [2.05, 4.69) is 11.3 Å². The van der Waals surface area contributed by atoms with Crippen LogP contribution in [0, 0.1) is 18.6 Å². The Morgan fingerprint density at radius 1 is 1.00 bits per heavy atom. The number of aryl methyl sites for hydroxylation is 1. The molecule has 0 saturated heterocycles. The number of allylic oxidation sites excluding steroid dienone is 5. The van der Waals surface area contributed by atoms with Crippen LogP contribution in [0.4, 0.5) is 26.3 Å². The quantitative estimate of drug-likeness (QED) is 0.279. The fraction of sp³-hybridized carbons (Fsp3) is 0.143. The van der Waals surface area contributed by atoms with E-state index in [0.717, 1.165) is 24.6 Å². The number of halogens is 6. The Labute approximate surface area is 158 Å². The molecule has 1 unspecified atom stereocenters. The van der Waals surface area contributed by atoms with Crippen LogP contribution < -0.4 is 0 Å². The van der Waals surface area contributed by atoms with Crippen molar-refractivity contribution in [3.05, 3.63) is 95.1 Å². The van der Waals surface area contributed by atoms with E-state index in [9.17, 15) is 26.3 Å². The molecule has 0 aliphatic heterocycles. The molecule has 0 aromatic heterocycles. The molecule has 0 saturated carbocycles. The Morgan fingerprint density at radius 3 is 2.04 bits per heavy atom. The zero-order valence-corrected chi connectivity index (χ0v) is 15.0. The summed E-state index contributed by atoms with van der Waals surface area (Å²) >= 11 is 0. The molecule has 2 aromatic rings. The Hall–Kier alpha value is -2.96. The van der Waals surface area contributed by atoms with Gasteiger partial charge in [0.2, 0.25) is 0 Å². The van der Waals surface area contributed by atoms with Crippen LogP contribution in [0.2, 0.25) is 0 Å². The summed E-state index contributed by atoms with van der Waals surface area (Å²) in [6.45, 7) is 5.43. The highest BCUT2D eigenvalue weighted by Crippen LogP contribution is 2.32. The molecule has 0 radical (unpaired) electrons. The molecule has 0 aliphatic rings. The summed E-state index contributed by atoms with van der Waals surface area (Å²) in [5.41, 5.74) is 0.644. The zero-order chi connectivity index (χ0) is 21.0. The maximum Gasteiger partial charge on any atom is 0.269 e. The van der Waals surface area contributed by atoms with Gasteiger partial charge < -0.3 is 4.74 Å². The van der Waals surface area contributed by atoms with Crippen molar-refractivity contribution in [2.75, 3.05) is 0 Å². The van der Waals surface area contributed by atoms with Crippen molar-refractivity contribution in [3.63, 3.8) is 0 Å². The summed E-state index contributed by atoms with van der Waals surface area (Å²) in [6.07, 6.45) is -2.30. The van der Waals surface area contributed by atoms with Crippen molar-refractivity contribution >= 4 is 0 Å². The first-order valence-electron chi connectivity index (χ1n) is 8.05. The van der Waals surface area contributed by atoms with Crippen molar-refractivity contribution in [2.24, 2.45) is 0 Å². The van der Waals surface area contributed by atoms with E-state index in [1.54, 1.807) is 24.3 Å². The maximum absolute atomic E-state index is 14.3. The molecule has 7 heteroatoms. The van der Waals surface area contributed by atoms with Gasteiger partial charge in [-0.05, 0) is 37.1 Å². The van der Waals surface area contributed by atoms with Gasteiger partial charge in [-0.15, -0.1) is 0 Å². The van der Waals surface area contributed by atoms with Gasteiger partial charge in [-0.25, -0.2) is 22.0 Å². The molecule has 0 aliphatic carbocycles. The molecule has 1 atom stereocenters. The van der Waals surface area contributed by atoms with Crippen molar-refractivity contribution in [3.8, 4) is 11.1 Å². The summed E-state index contributed by atoms with van der Waals surface area (Å²) in [7, 11) is 0. The second kappa shape index (κ2) is 8.82. The first-order valence-corrected chi connectivity index (χ1v) is 8.05. The number of hydrogen-bond acceptors (Lipinski definition) is 1. The molecular weight excluding hydrogens is 382 g/mol. The van der Waals surface area contributed by atoms with Gasteiger partial charge >= 0.3 is 0 Å². The topological polar surface area (TPSA) is 9.23 Å². The van der Waals surface area contributed by atoms with E-state index >= 15 is 0 Å². The molecule has 0 amide bonds. The van der Waals surface area contributed by atoms with Crippen LogP contribution in [0.15, 0.2) is 72.3 Å². The summed E-state index contributed by atoms with van der Waals surface area (Å²) < 4.78 is 86.3. The lowest BCUT2D eigenvalue weighted by Crippen LogP contribution is -2.04. The molecule has 28 heavy (non-hydrogen) atoms. The highest BCUT2D eigenvalue weighted by atomic mass is 19.2. The van der Waals surface area contributed by atoms with Crippen molar-refractivity contribution in [2.45, 2.75) is 20.2 Å². The number of ether oxygens (including phenoxy) is 1. The molecule has 1 nitrogen and oxygen atoms in total. The minimum absolute atomic E-state index is 0.190. The van der Waals surface area contributed by atoms with E-state index in [4.69, 9.17) is 0 Å². The molecule has 148 valence electrons. The Kier molecular flexibility index (Phi) is 6.72. The van der Waals surface area contributed by atoms with Gasteiger partial charge in [-0.3, -0.25) is 0 Å². The van der Waals surface area contributed by atoms with E-state index < -0.39 is 46.8 Å². The fourth-order valence-corrected chi connectivity index (χ4v) is 2.34. The molecule has 0 N–H and O–H groups in total. The van der Waals surface area contributed by atoms with Crippen LogP contribution >= 0.6 is 0 Å². The van der Waals surface area contributed by atoms with Crippen LogP contribution in [0.25, 0.3) is 11.1 Å². The minimum Gasteiger partial charge on any atom is -0.460 e. The van der Waals surface area contributed by atoms with Crippen molar-refractivity contribution in [1.29, 1.82) is 0 Å². The van der Waals surface area contributed by atoms with Gasteiger partial charge in [0.1, 0.15) is 17.4 Å². The van der Waals surface area contributed by atoms with Gasteiger partial charge in [0.05, 0.1) is 5.56 Å². The molecule has 0 bridgehead atoms. The lowest BCUT2D eigenvalue weighted by molar-refractivity contribution is -0.000609. The third kappa shape index (κ3) is 5.06. The number of alkyl halides is 1. The normalized spacial score (nSPS) is 13.8. The van der Waals surface area contributed by atoms with Gasteiger partial charge in [0.25, 0.3) is 6.36 Å². The monoisotopic (exact) mass is 398 g/mol. The number of benzene rings is 2. The van der Waals surface area contributed by atoms with Gasteiger partial charge in [0.15, 0.2) is 17.5 Å². The first-order chi connectivity index (χ1) is 13.1. The SMILES string of the molecule is C=C(F)/C(F)=C(F)\C=C(/C)OC(F)c1c(F)cc(-c2ccc(C)cc2)cc1F. The van der Waals surface area contributed by atoms with E-state index in [-0.39, 0.29) is 5.56 Å². The maximum atomic E-state index is 14.3. The van der Waals surface area contributed by atoms with Gasteiger partial charge in [-0.2, -0.15) is 4.39 Å². The molecular formula is C21H16F6O. The Balaban J connectivity index is 2.29. The minimum atomic E-state index is -2.63. The lowest BCUT2D eigenvalue weighted by atomic mass is 10.0. The number of rotatable bonds is 6. The van der Waals surface area contributed by atoms with Gasteiger partial charge in [0, 0.05) is 6.08 Å². The van der Waals surface area contributed by atoms with Crippen LogP contribution in [0.5, 0.6) is 0 Å². The third-order valence-corrected chi connectivity index (χ3v) is 3.76. The predicted octanol–water partition coefficient (Wildman–Crippen LogP) is 7.46. The van der Waals surface area contributed by atoms with E-state index in [1.165, 1.54) is 0 Å². The third-order valence-electron chi connectivity index (χ3n) is 3.76. The summed E-state index contributed by atoms with van der Waals surface area (Å²) in [6, 6.07) is 8.68. The Morgan fingerprint density at radius 2 is 1.54 bits per heavy atom. The van der Waals surface area contributed by atoms with Gasteiger partial charge in [-0.1, -0.05) is 36.4 Å². The molecule has 0 fully saturated rings. The molecule has 2 rings (SSSR count). The predicted molar refractivity (Wildman–Crippen MR) is 94.7 cm³/mol. The highest BCUT2D eigenvalue weighted by Gasteiger charge is 2.23. The van der Waals surface area contributed by atoms with Crippen LogP contribution in [-0.2, 0) is 4.74 Å².